The molecule has 0 fully saturated rings. The van der Waals surface area contributed by atoms with Crippen LogP contribution in [-0.2, 0) is 16.1 Å². The van der Waals surface area contributed by atoms with Gasteiger partial charge < -0.3 is 9.47 Å². The van der Waals surface area contributed by atoms with Crippen LogP contribution in [0.1, 0.15) is 22.8 Å². The Labute approximate surface area is 182 Å². The summed E-state index contributed by atoms with van der Waals surface area (Å²) in [4.78, 5) is 25.5. The number of nitrogens with zero attached hydrogens (tertiary/aromatic N) is 2. The van der Waals surface area contributed by atoms with Crippen molar-refractivity contribution in [2.45, 2.75) is 13.5 Å². The first-order valence-electron chi connectivity index (χ1n) is 10.1. The molecule has 6 heteroatoms. The van der Waals surface area contributed by atoms with Gasteiger partial charge >= 0.3 is 5.97 Å². The number of hydrazine groups is 1. The van der Waals surface area contributed by atoms with E-state index in [0.29, 0.717) is 23.5 Å². The van der Waals surface area contributed by atoms with E-state index >= 15 is 0 Å². The maximum Gasteiger partial charge on any atom is 0.340 e. The number of ether oxygens (including phenoxy) is 2. The van der Waals surface area contributed by atoms with Crippen molar-refractivity contribution in [3.63, 3.8) is 0 Å². The molecule has 0 bridgehead atoms. The lowest BCUT2D eigenvalue weighted by molar-refractivity contribution is -0.132. The summed E-state index contributed by atoms with van der Waals surface area (Å²) >= 11 is 0. The van der Waals surface area contributed by atoms with Crippen LogP contribution in [0, 0.1) is 0 Å². The molecule has 3 rings (SSSR count). The molecule has 3 aromatic rings. The van der Waals surface area contributed by atoms with E-state index in [9.17, 15) is 9.59 Å². The van der Waals surface area contributed by atoms with Gasteiger partial charge in [-0.15, -0.1) is 0 Å². The Morgan fingerprint density at radius 1 is 0.839 bits per heavy atom. The van der Waals surface area contributed by atoms with Gasteiger partial charge in [0.2, 0.25) is 0 Å². The molecule has 0 aromatic heterocycles. The molecule has 0 unspecified atom stereocenters. The Morgan fingerprint density at radius 3 is 2.13 bits per heavy atom. The van der Waals surface area contributed by atoms with Gasteiger partial charge in [0.05, 0.1) is 24.4 Å². The summed E-state index contributed by atoms with van der Waals surface area (Å²) < 4.78 is 10.9. The van der Waals surface area contributed by atoms with Crippen molar-refractivity contribution in [2.75, 3.05) is 25.3 Å². The smallest absolute Gasteiger partial charge is 0.340 e. The molecule has 1 amide bonds. The van der Waals surface area contributed by atoms with Crippen LogP contribution in [0.25, 0.3) is 0 Å². The second kappa shape index (κ2) is 10.8. The SMILES string of the molecule is CCOC(=O)c1ccccc1N(Cc1ccccc1)N(C)C(=O)COc1ccccc1. The molecule has 31 heavy (non-hydrogen) atoms. The van der Waals surface area contributed by atoms with Crippen LogP contribution in [0.15, 0.2) is 84.9 Å². The summed E-state index contributed by atoms with van der Waals surface area (Å²) in [6.45, 7) is 2.29. The van der Waals surface area contributed by atoms with Gasteiger partial charge in [-0.3, -0.25) is 14.8 Å². The van der Waals surface area contributed by atoms with Gasteiger partial charge in [0, 0.05) is 7.05 Å². The first-order valence-corrected chi connectivity index (χ1v) is 10.1. The van der Waals surface area contributed by atoms with Crippen LogP contribution < -0.4 is 9.75 Å². The molecule has 0 aliphatic carbocycles. The van der Waals surface area contributed by atoms with E-state index in [1.54, 1.807) is 49.3 Å². The van der Waals surface area contributed by atoms with Gasteiger partial charge in [0.1, 0.15) is 5.75 Å². The molecular formula is C25H26N2O4. The molecule has 0 saturated carbocycles. The number of esters is 1. The van der Waals surface area contributed by atoms with Crippen LogP contribution in [0.4, 0.5) is 5.69 Å². The molecular weight excluding hydrogens is 392 g/mol. The zero-order valence-electron chi connectivity index (χ0n) is 17.7. The van der Waals surface area contributed by atoms with Gasteiger partial charge in [-0.05, 0) is 36.8 Å². The highest BCUT2D eigenvalue weighted by atomic mass is 16.5. The van der Waals surface area contributed by atoms with Crippen molar-refractivity contribution in [1.82, 2.24) is 5.01 Å². The predicted octanol–water partition coefficient (Wildman–Crippen LogP) is 4.32. The van der Waals surface area contributed by atoms with Gasteiger partial charge in [0.15, 0.2) is 6.61 Å². The Kier molecular flexibility index (Phi) is 7.65. The first-order chi connectivity index (χ1) is 15.1. The minimum absolute atomic E-state index is 0.132. The second-order valence-corrected chi connectivity index (χ2v) is 6.80. The standard InChI is InChI=1S/C25H26N2O4/c1-3-30-25(29)22-16-10-11-17-23(22)27(18-20-12-6-4-7-13-20)26(2)24(28)19-31-21-14-8-5-9-15-21/h4-17H,3,18-19H2,1-2H3. The summed E-state index contributed by atoms with van der Waals surface area (Å²) in [6.07, 6.45) is 0. The Bertz CT molecular complexity index is 993. The summed E-state index contributed by atoms with van der Waals surface area (Å²) in [5, 5.41) is 3.24. The summed E-state index contributed by atoms with van der Waals surface area (Å²) in [7, 11) is 1.67. The number of amides is 1. The molecule has 0 atom stereocenters. The van der Waals surface area contributed by atoms with Crippen molar-refractivity contribution < 1.29 is 19.1 Å². The Morgan fingerprint density at radius 2 is 1.45 bits per heavy atom. The van der Waals surface area contributed by atoms with Crippen molar-refractivity contribution in [3.8, 4) is 5.75 Å². The second-order valence-electron chi connectivity index (χ2n) is 6.80. The predicted molar refractivity (Wildman–Crippen MR) is 120 cm³/mol. The number of carbonyl (C=O) groups is 2. The minimum atomic E-state index is -0.433. The van der Waals surface area contributed by atoms with Crippen LogP contribution in [0.3, 0.4) is 0 Å². The van der Waals surface area contributed by atoms with E-state index in [2.05, 4.69) is 0 Å². The number of rotatable bonds is 9. The molecule has 6 nitrogen and oxygen atoms in total. The lowest BCUT2D eigenvalue weighted by Gasteiger charge is -2.35. The van der Waals surface area contributed by atoms with E-state index < -0.39 is 5.97 Å². The average Bonchev–Trinajstić information content (AvgIpc) is 2.82. The number of hydrogen-bond donors (Lipinski definition) is 0. The normalized spacial score (nSPS) is 10.3. The van der Waals surface area contributed by atoms with Crippen molar-refractivity contribution in [2.24, 2.45) is 0 Å². The highest BCUT2D eigenvalue weighted by molar-refractivity contribution is 5.96. The third-order valence-electron chi connectivity index (χ3n) is 4.68. The summed E-state index contributed by atoms with van der Waals surface area (Å²) in [6, 6.07) is 26.0. The van der Waals surface area contributed by atoms with Gasteiger partial charge in [0.25, 0.3) is 5.91 Å². The van der Waals surface area contributed by atoms with Crippen molar-refractivity contribution in [3.05, 3.63) is 96.1 Å². The molecule has 0 aliphatic rings. The zero-order valence-corrected chi connectivity index (χ0v) is 17.7. The zero-order chi connectivity index (χ0) is 22.1. The molecule has 0 heterocycles. The fourth-order valence-corrected chi connectivity index (χ4v) is 3.08. The minimum Gasteiger partial charge on any atom is -0.484 e. The highest BCUT2D eigenvalue weighted by Crippen LogP contribution is 2.25. The van der Waals surface area contributed by atoms with E-state index in [1.807, 2.05) is 54.6 Å². The fraction of sp³-hybridized carbons (Fsp3) is 0.200. The number of likely N-dealkylation sites (N-methyl/N-ethyl adjacent to an activating group) is 1. The van der Waals surface area contributed by atoms with Crippen molar-refractivity contribution >= 4 is 17.6 Å². The van der Waals surface area contributed by atoms with Crippen LogP contribution in [0.2, 0.25) is 0 Å². The number of para-hydroxylation sites is 2. The Hall–Kier alpha value is -3.80. The van der Waals surface area contributed by atoms with Crippen LogP contribution in [0.5, 0.6) is 5.75 Å². The number of carbonyl (C=O) groups excluding carboxylic acids is 2. The number of anilines is 1. The average molecular weight is 418 g/mol. The number of hydrogen-bond acceptors (Lipinski definition) is 5. The topological polar surface area (TPSA) is 59.1 Å². The van der Waals surface area contributed by atoms with E-state index in [0.717, 1.165) is 5.56 Å². The Balaban J connectivity index is 1.88. The van der Waals surface area contributed by atoms with E-state index in [-0.39, 0.29) is 19.1 Å². The first kappa shape index (κ1) is 21.9. The molecule has 0 saturated heterocycles. The lowest BCUT2D eigenvalue weighted by Crippen LogP contribution is -2.46. The molecule has 0 spiro atoms. The van der Waals surface area contributed by atoms with E-state index in [1.165, 1.54) is 5.01 Å². The third-order valence-corrected chi connectivity index (χ3v) is 4.68. The van der Waals surface area contributed by atoms with E-state index in [4.69, 9.17) is 9.47 Å². The molecule has 3 aromatic carbocycles. The highest BCUT2D eigenvalue weighted by Gasteiger charge is 2.24. The monoisotopic (exact) mass is 418 g/mol. The maximum atomic E-state index is 13.0. The van der Waals surface area contributed by atoms with Crippen molar-refractivity contribution in [1.29, 1.82) is 0 Å². The molecule has 160 valence electrons. The van der Waals surface area contributed by atoms with Gasteiger partial charge in [-0.25, -0.2) is 4.79 Å². The maximum absolute atomic E-state index is 13.0. The molecule has 0 radical (unpaired) electrons. The molecule has 0 aliphatic heterocycles. The quantitative estimate of drug-likeness (QED) is 0.383. The largest absolute Gasteiger partial charge is 0.484 e. The summed E-state index contributed by atoms with van der Waals surface area (Å²) in [5.74, 6) is -0.0678. The fourth-order valence-electron chi connectivity index (χ4n) is 3.08. The lowest BCUT2D eigenvalue weighted by atomic mass is 10.1. The number of benzene rings is 3. The van der Waals surface area contributed by atoms with Crippen LogP contribution in [-0.4, -0.2) is 37.1 Å². The third kappa shape index (κ3) is 5.85. The van der Waals surface area contributed by atoms with Gasteiger partial charge in [-0.1, -0.05) is 60.7 Å². The van der Waals surface area contributed by atoms with Gasteiger partial charge in [-0.2, -0.15) is 0 Å². The van der Waals surface area contributed by atoms with Crippen LogP contribution >= 0.6 is 0 Å². The molecule has 0 N–H and O–H groups in total. The summed E-state index contributed by atoms with van der Waals surface area (Å²) in [5.41, 5.74) is 1.97.